The van der Waals surface area contributed by atoms with Gasteiger partial charge in [-0.15, -0.1) is 0 Å². The number of hydrogen-bond donors (Lipinski definition) is 3. The predicted molar refractivity (Wildman–Crippen MR) is 88.9 cm³/mol. The highest BCUT2D eigenvalue weighted by atomic mass is 16.5. The molecule has 0 aliphatic carbocycles. The van der Waals surface area contributed by atoms with Crippen molar-refractivity contribution in [2.75, 3.05) is 0 Å². The fourth-order valence-corrected chi connectivity index (χ4v) is 2.10. The third-order valence-electron chi connectivity index (χ3n) is 3.23. The summed E-state index contributed by atoms with van der Waals surface area (Å²) in [5, 5.41) is 26.9. The second-order valence-electron chi connectivity index (χ2n) is 4.89. The summed E-state index contributed by atoms with van der Waals surface area (Å²) in [6, 6.07) is 14.6. The molecular weight excluding hydrogens is 280 g/mol. The van der Waals surface area contributed by atoms with Gasteiger partial charge in [0.25, 0.3) is 0 Å². The number of fused-ring (bicyclic) bond motifs is 1. The Morgan fingerprint density at radius 2 is 1.64 bits per heavy atom. The summed E-state index contributed by atoms with van der Waals surface area (Å²) < 4.78 is 5.02. The van der Waals surface area contributed by atoms with Crippen LogP contribution < -0.4 is 10.9 Å². The number of aliphatic imine (C=N–C) groups is 1. The lowest BCUT2D eigenvalue weighted by Gasteiger charge is -2.16. The van der Waals surface area contributed by atoms with Crippen molar-refractivity contribution in [1.29, 1.82) is 0 Å². The van der Waals surface area contributed by atoms with E-state index in [2.05, 4.69) is 4.99 Å². The summed E-state index contributed by atoms with van der Waals surface area (Å²) in [4.78, 5) is 4.13. The van der Waals surface area contributed by atoms with Crippen molar-refractivity contribution in [3.05, 3.63) is 54.1 Å². The van der Waals surface area contributed by atoms with E-state index in [1.54, 1.807) is 25.1 Å². The Bertz CT molecular complexity index is 676. The highest BCUT2D eigenvalue weighted by Gasteiger charge is 2.25. The molecule has 0 saturated carbocycles. The lowest BCUT2D eigenvalue weighted by molar-refractivity contribution is 0.422. The van der Waals surface area contributed by atoms with Crippen molar-refractivity contribution in [2.24, 2.45) is 4.99 Å². The molecule has 1 aliphatic rings. The van der Waals surface area contributed by atoms with Crippen molar-refractivity contribution >= 4 is 36.7 Å². The van der Waals surface area contributed by atoms with Gasteiger partial charge in [-0.1, -0.05) is 48.0 Å². The van der Waals surface area contributed by atoms with Crippen molar-refractivity contribution < 1.29 is 19.7 Å². The summed E-state index contributed by atoms with van der Waals surface area (Å²) in [5.74, 6) is 0.501. The maximum atomic E-state index is 9.43. The molecule has 0 aromatic heterocycles. The van der Waals surface area contributed by atoms with E-state index in [0.717, 1.165) is 16.7 Å². The largest absolute Gasteiger partial charge is 0.563 e. The first-order chi connectivity index (χ1) is 10.5. The van der Waals surface area contributed by atoms with Gasteiger partial charge in [-0.05, 0) is 18.5 Å². The number of aryl methyl sites for hydroxylation is 1. The molecule has 3 rings (SSSR count). The lowest BCUT2D eigenvalue weighted by Crippen LogP contribution is -2.38. The first-order valence-electron chi connectivity index (χ1n) is 6.89. The molecule has 0 amide bonds. The minimum Gasteiger partial charge on any atom is -0.522 e. The van der Waals surface area contributed by atoms with Crippen molar-refractivity contribution in [3.63, 3.8) is 0 Å². The highest BCUT2D eigenvalue weighted by molar-refractivity contribution is 6.64. The highest BCUT2D eigenvalue weighted by Crippen LogP contribution is 2.13. The Kier molecular flexibility index (Phi) is 5.38. The summed E-state index contributed by atoms with van der Waals surface area (Å²) in [7, 11) is -2.21. The van der Waals surface area contributed by atoms with Crippen LogP contribution in [-0.2, 0) is 4.65 Å². The molecule has 0 radical (unpaired) electrons. The molecule has 0 atom stereocenters. The van der Waals surface area contributed by atoms with Crippen molar-refractivity contribution in [1.82, 2.24) is 0 Å². The van der Waals surface area contributed by atoms with E-state index in [4.69, 9.17) is 14.7 Å². The van der Waals surface area contributed by atoms with Gasteiger partial charge in [-0.25, -0.2) is 4.99 Å². The minimum atomic E-state index is -1.35. The van der Waals surface area contributed by atoms with E-state index in [9.17, 15) is 5.02 Å². The Morgan fingerprint density at radius 1 is 1.00 bits per heavy atom. The van der Waals surface area contributed by atoms with Gasteiger partial charge >= 0.3 is 14.2 Å². The lowest BCUT2D eigenvalue weighted by atomic mass is 9.77. The molecule has 1 aliphatic heterocycles. The molecule has 0 bridgehead atoms. The molecule has 3 N–H and O–H groups in total. The van der Waals surface area contributed by atoms with E-state index < -0.39 is 14.2 Å². The predicted octanol–water partition coefficient (Wildman–Crippen LogP) is 0.129. The standard InChI is InChI=1S/C8H8BNO2.C7H9BO2/c1-6-10-8-5-3-2-4-7(8)9(11)12-6;1-6-4-2-3-5-7(6)8(9)10/h2-5,11H,1H3;2-5,9-10H,1H3. The maximum absolute atomic E-state index is 9.43. The van der Waals surface area contributed by atoms with Crippen molar-refractivity contribution in [2.45, 2.75) is 13.8 Å². The van der Waals surface area contributed by atoms with Crippen LogP contribution in [0.1, 0.15) is 12.5 Å². The number of benzene rings is 2. The van der Waals surface area contributed by atoms with Crippen LogP contribution in [0.4, 0.5) is 5.69 Å². The van der Waals surface area contributed by atoms with Gasteiger partial charge < -0.3 is 19.7 Å². The Morgan fingerprint density at radius 3 is 2.27 bits per heavy atom. The van der Waals surface area contributed by atoms with Crippen LogP contribution in [0.15, 0.2) is 53.5 Å². The number of para-hydroxylation sites is 1. The van der Waals surface area contributed by atoms with E-state index in [1.807, 2.05) is 37.3 Å². The van der Waals surface area contributed by atoms with E-state index in [-0.39, 0.29) is 0 Å². The maximum Gasteiger partial charge on any atom is 0.563 e. The molecular formula is C15H17B2NO4. The molecule has 0 saturated heterocycles. The molecule has 0 fully saturated rings. The fraction of sp³-hybridized carbons (Fsp3) is 0.133. The zero-order valence-electron chi connectivity index (χ0n) is 12.5. The average molecular weight is 297 g/mol. The third-order valence-corrected chi connectivity index (χ3v) is 3.23. The SMILES string of the molecule is CC1=Nc2ccccc2B(O)O1.Cc1ccccc1B(O)O. The summed E-state index contributed by atoms with van der Waals surface area (Å²) in [6.07, 6.45) is 0. The van der Waals surface area contributed by atoms with Crippen LogP contribution in [0.3, 0.4) is 0 Å². The zero-order chi connectivity index (χ0) is 16.1. The second kappa shape index (κ2) is 7.26. The Balaban J connectivity index is 0.000000164. The van der Waals surface area contributed by atoms with Gasteiger partial charge in [-0.2, -0.15) is 0 Å². The molecule has 2 aromatic carbocycles. The first-order valence-corrected chi connectivity index (χ1v) is 6.89. The summed E-state index contributed by atoms with van der Waals surface area (Å²) >= 11 is 0. The van der Waals surface area contributed by atoms with Gasteiger partial charge in [0.05, 0.1) is 5.69 Å². The molecule has 22 heavy (non-hydrogen) atoms. The quantitative estimate of drug-likeness (QED) is 0.653. The second-order valence-corrected chi connectivity index (χ2v) is 4.89. The molecule has 0 unspecified atom stereocenters. The number of rotatable bonds is 1. The van der Waals surface area contributed by atoms with Gasteiger partial charge in [-0.3, -0.25) is 0 Å². The molecule has 1 heterocycles. The van der Waals surface area contributed by atoms with E-state index >= 15 is 0 Å². The van der Waals surface area contributed by atoms with Crippen LogP contribution in [-0.4, -0.2) is 35.2 Å². The topological polar surface area (TPSA) is 82.3 Å². The fourth-order valence-electron chi connectivity index (χ4n) is 2.10. The summed E-state index contributed by atoms with van der Waals surface area (Å²) in [6.45, 7) is 3.56. The molecule has 112 valence electrons. The molecule has 0 spiro atoms. The van der Waals surface area contributed by atoms with Crippen LogP contribution in [0.2, 0.25) is 0 Å². The van der Waals surface area contributed by atoms with Crippen LogP contribution in [0.25, 0.3) is 0 Å². The van der Waals surface area contributed by atoms with Crippen LogP contribution >= 0.6 is 0 Å². The van der Waals surface area contributed by atoms with E-state index in [0.29, 0.717) is 11.4 Å². The molecule has 5 nitrogen and oxygen atoms in total. The molecule has 7 heteroatoms. The van der Waals surface area contributed by atoms with Gasteiger partial charge in [0, 0.05) is 12.4 Å². The Labute approximate surface area is 130 Å². The Hall–Kier alpha value is -2.08. The van der Waals surface area contributed by atoms with Crippen LogP contribution in [0.5, 0.6) is 0 Å². The smallest absolute Gasteiger partial charge is 0.522 e. The summed E-state index contributed by atoms with van der Waals surface area (Å²) in [5.41, 5.74) is 2.98. The monoisotopic (exact) mass is 297 g/mol. The van der Waals surface area contributed by atoms with Gasteiger partial charge in [0.15, 0.2) is 5.90 Å². The molecule has 2 aromatic rings. The number of nitrogens with zero attached hydrogens (tertiary/aromatic N) is 1. The van der Waals surface area contributed by atoms with Gasteiger partial charge in [0.1, 0.15) is 0 Å². The zero-order valence-corrected chi connectivity index (χ0v) is 12.5. The first kappa shape index (κ1) is 16.3. The average Bonchev–Trinajstić information content (AvgIpc) is 2.48. The van der Waals surface area contributed by atoms with E-state index in [1.165, 1.54) is 0 Å². The number of hydrogen-bond acceptors (Lipinski definition) is 5. The third kappa shape index (κ3) is 3.98. The van der Waals surface area contributed by atoms with Crippen molar-refractivity contribution in [3.8, 4) is 0 Å². The minimum absolute atomic E-state index is 0.501. The van der Waals surface area contributed by atoms with Crippen LogP contribution in [0, 0.1) is 6.92 Å². The normalized spacial score (nSPS) is 12.4. The van der Waals surface area contributed by atoms with Gasteiger partial charge in [0.2, 0.25) is 0 Å².